The number of fused-ring (bicyclic) bond motifs is 1. The molecule has 3 N–H and O–H groups in total. The zero-order valence-electron chi connectivity index (χ0n) is 18.4. The van der Waals surface area contributed by atoms with E-state index in [1.807, 2.05) is 38.2 Å². The molecule has 2 aromatic carbocycles. The molecule has 2 heterocycles. The normalized spacial score (nSPS) is 18.8. The van der Waals surface area contributed by atoms with E-state index in [9.17, 15) is 15.2 Å². The fourth-order valence-corrected chi connectivity index (χ4v) is 3.97. The maximum atomic E-state index is 12.9. The number of amides is 2. The number of nitrogens with zero attached hydrogens (tertiary/aromatic N) is 3. The van der Waals surface area contributed by atoms with E-state index in [1.54, 1.807) is 42.8 Å². The third kappa shape index (κ3) is 4.03. The van der Waals surface area contributed by atoms with Crippen molar-refractivity contribution in [2.24, 2.45) is 7.05 Å². The van der Waals surface area contributed by atoms with Crippen LogP contribution in [0.15, 0.2) is 48.5 Å². The fourth-order valence-electron chi connectivity index (χ4n) is 3.97. The Hall–Kier alpha value is -3.83. The minimum Gasteiger partial charge on any atom is -0.485 e. The van der Waals surface area contributed by atoms with Crippen LogP contribution in [-0.2, 0) is 7.05 Å². The number of hydrogen-bond donors (Lipinski definition) is 3. The Morgan fingerprint density at radius 2 is 2.03 bits per heavy atom. The van der Waals surface area contributed by atoms with E-state index < -0.39 is 23.8 Å². The van der Waals surface area contributed by atoms with Crippen molar-refractivity contribution in [3.63, 3.8) is 0 Å². The second-order valence-corrected chi connectivity index (χ2v) is 8.47. The Balaban J connectivity index is 1.57. The van der Waals surface area contributed by atoms with Crippen molar-refractivity contribution in [2.45, 2.75) is 38.5 Å². The largest absolute Gasteiger partial charge is 0.485 e. The van der Waals surface area contributed by atoms with Gasteiger partial charge in [0.2, 0.25) is 0 Å². The zero-order valence-corrected chi connectivity index (χ0v) is 18.4. The van der Waals surface area contributed by atoms with E-state index in [2.05, 4.69) is 21.8 Å². The number of carbonyl (C=O) groups is 1. The van der Waals surface area contributed by atoms with Gasteiger partial charge in [-0.1, -0.05) is 12.1 Å². The number of hydrogen-bond acceptors (Lipinski definition) is 5. The van der Waals surface area contributed by atoms with Gasteiger partial charge < -0.3 is 20.5 Å². The molecule has 1 aliphatic heterocycles. The van der Waals surface area contributed by atoms with Crippen molar-refractivity contribution >= 4 is 11.7 Å². The molecular formula is C24H25N5O3. The number of aliphatic hydroxyl groups excluding tert-OH is 1. The van der Waals surface area contributed by atoms with E-state index in [0.29, 0.717) is 22.6 Å². The lowest BCUT2D eigenvalue weighted by atomic mass is 9.86. The molecule has 2 atom stereocenters. The number of ether oxygens (including phenoxy) is 1. The second kappa shape index (κ2) is 8.02. The average Bonchev–Trinajstić information content (AvgIpc) is 3.09. The molecule has 0 spiro atoms. The molecule has 0 saturated heterocycles. The highest BCUT2D eigenvalue weighted by atomic mass is 16.5. The number of aryl methyl sites for hydroxylation is 2. The van der Waals surface area contributed by atoms with Gasteiger partial charge in [0, 0.05) is 23.9 Å². The van der Waals surface area contributed by atoms with Crippen molar-refractivity contribution in [3.8, 4) is 23.1 Å². The Labute approximate surface area is 186 Å². The summed E-state index contributed by atoms with van der Waals surface area (Å²) < 4.78 is 7.69. The Bertz CT molecular complexity index is 1220. The average molecular weight is 431 g/mol. The molecule has 32 heavy (non-hydrogen) atoms. The lowest BCUT2D eigenvalue weighted by Crippen LogP contribution is -2.54. The van der Waals surface area contributed by atoms with E-state index >= 15 is 0 Å². The van der Waals surface area contributed by atoms with Crippen LogP contribution < -0.4 is 15.4 Å². The third-order valence-corrected chi connectivity index (χ3v) is 5.58. The van der Waals surface area contributed by atoms with Crippen molar-refractivity contribution in [1.82, 2.24) is 15.1 Å². The topological polar surface area (TPSA) is 112 Å². The van der Waals surface area contributed by atoms with Gasteiger partial charge in [-0.3, -0.25) is 4.68 Å². The second-order valence-electron chi connectivity index (χ2n) is 8.47. The zero-order chi connectivity index (χ0) is 23.0. The number of urea groups is 1. The fraction of sp³-hybridized carbons (Fsp3) is 0.292. The van der Waals surface area contributed by atoms with E-state index in [4.69, 9.17) is 4.74 Å². The molecule has 2 amide bonds. The molecular weight excluding hydrogens is 406 g/mol. The molecule has 3 aromatic rings. The Kier molecular flexibility index (Phi) is 5.36. The molecule has 164 valence electrons. The van der Waals surface area contributed by atoms with Crippen molar-refractivity contribution in [3.05, 3.63) is 65.4 Å². The summed E-state index contributed by atoms with van der Waals surface area (Å²) in [6.45, 7) is 5.44. The Morgan fingerprint density at radius 1 is 1.25 bits per heavy atom. The summed E-state index contributed by atoms with van der Waals surface area (Å²) in [5.41, 5.74) is 3.43. The number of nitrogens with one attached hydrogen (secondary N) is 2. The van der Waals surface area contributed by atoms with Crippen LogP contribution in [0.3, 0.4) is 0 Å². The van der Waals surface area contributed by atoms with Gasteiger partial charge in [0.25, 0.3) is 0 Å². The molecule has 0 aliphatic carbocycles. The minimum absolute atomic E-state index is 0.422. The minimum atomic E-state index is -1.02. The number of carbonyl (C=O) groups excluding carboxylic acids is 1. The summed E-state index contributed by atoms with van der Waals surface area (Å²) >= 11 is 0. The number of rotatable bonds is 3. The quantitative estimate of drug-likeness (QED) is 0.586. The number of aliphatic hydroxyl groups is 1. The van der Waals surface area contributed by atoms with Crippen LogP contribution in [0.1, 0.15) is 36.7 Å². The van der Waals surface area contributed by atoms with Gasteiger partial charge in [-0.25, -0.2) is 4.79 Å². The van der Waals surface area contributed by atoms with Gasteiger partial charge in [-0.15, -0.1) is 0 Å². The number of aromatic nitrogens is 2. The van der Waals surface area contributed by atoms with Crippen LogP contribution in [-0.4, -0.2) is 32.6 Å². The third-order valence-electron chi connectivity index (χ3n) is 5.58. The van der Waals surface area contributed by atoms with Crippen LogP contribution in [0.5, 0.6) is 5.75 Å². The van der Waals surface area contributed by atoms with Gasteiger partial charge in [0.1, 0.15) is 17.5 Å². The number of anilines is 1. The lowest BCUT2D eigenvalue weighted by molar-refractivity contribution is -0.0618. The Morgan fingerprint density at radius 3 is 2.72 bits per heavy atom. The van der Waals surface area contributed by atoms with Crippen LogP contribution in [0.4, 0.5) is 10.5 Å². The highest BCUT2D eigenvalue weighted by molar-refractivity contribution is 5.90. The molecule has 8 nitrogen and oxygen atoms in total. The summed E-state index contributed by atoms with van der Waals surface area (Å²) in [6.07, 6.45) is -1.02. The van der Waals surface area contributed by atoms with Crippen LogP contribution in [0.25, 0.3) is 11.3 Å². The van der Waals surface area contributed by atoms with E-state index in [-0.39, 0.29) is 0 Å². The van der Waals surface area contributed by atoms with Gasteiger partial charge in [0.15, 0.2) is 0 Å². The maximum Gasteiger partial charge on any atom is 0.319 e. The molecule has 1 aromatic heterocycles. The molecule has 0 fully saturated rings. The monoisotopic (exact) mass is 431 g/mol. The predicted octanol–water partition coefficient (Wildman–Crippen LogP) is 3.66. The molecule has 1 aliphatic rings. The standard InChI is InChI=1S/C24H25N5O3/c1-14-10-19(29(4)28-14)16-6-5-7-17(12-16)26-23(31)27-21-18-11-15(13-25)8-9-20(18)32-24(2,3)22(21)30/h5-12,21-22,30H,1-4H3,(H2,26,27,31). The number of nitriles is 1. The first-order valence-corrected chi connectivity index (χ1v) is 10.3. The van der Waals surface area contributed by atoms with Crippen LogP contribution >= 0.6 is 0 Å². The molecule has 0 saturated carbocycles. The number of benzene rings is 2. The first-order valence-electron chi connectivity index (χ1n) is 10.3. The SMILES string of the molecule is Cc1cc(-c2cccc(NC(=O)NC3c4cc(C#N)ccc4OC(C)(C)C3O)c2)n(C)n1. The lowest BCUT2D eigenvalue weighted by Gasteiger charge is -2.42. The van der Waals surface area contributed by atoms with Gasteiger partial charge in [-0.05, 0) is 57.2 Å². The van der Waals surface area contributed by atoms with Crippen molar-refractivity contribution < 1.29 is 14.6 Å². The summed E-state index contributed by atoms with van der Waals surface area (Å²) in [7, 11) is 1.87. The van der Waals surface area contributed by atoms with Gasteiger partial charge >= 0.3 is 6.03 Å². The summed E-state index contributed by atoms with van der Waals surface area (Å²) in [6, 6.07) is 15.3. The van der Waals surface area contributed by atoms with Crippen LogP contribution in [0.2, 0.25) is 0 Å². The van der Waals surface area contributed by atoms with Crippen molar-refractivity contribution in [1.29, 1.82) is 5.26 Å². The highest BCUT2D eigenvalue weighted by Gasteiger charge is 2.43. The molecule has 2 unspecified atom stereocenters. The van der Waals surface area contributed by atoms with Crippen molar-refractivity contribution in [2.75, 3.05) is 5.32 Å². The van der Waals surface area contributed by atoms with Gasteiger partial charge in [0.05, 0.1) is 29.1 Å². The molecule has 4 rings (SSSR count). The first kappa shape index (κ1) is 21.4. The van der Waals surface area contributed by atoms with E-state index in [1.165, 1.54) is 0 Å². The smallest absolute Gasteiger partial charge is 0.319 e. The molecule has 8 heteroatoms. The maximum absolute atomic E-state index is 12.9. The predicted molar refractivity (Wildman–Crippen MR) is 120 cm³/mol. The van der Waals surface area contributed by atoms with Crippen LogP contribution in [0, 0.1) is 18.3 Å². The summed E-state index contributed by atoms with van der Waals surface area (Å²) in [4.78, 5) is 12.9. The molecule has 0 bridgehead atoms. The highest BCUT2D eigenvalue weighted by Crippen LogP contribution is 2.40. The van der Waals surface area contributed by atoms with Gasteiger partial charge in [-0.2, -0.15) is 10.4 Å². The first-order chi connectivity index (χ1) is 15.2. The summed E-state index contributed by atoms with van der Waals surface area (Å²) in [5, 5.41) is 30.2. The summed E-state index contributed by atoms with van der Waals surface area (Å²) in [5.74, 6) is 0.526. The molecule has 0 radical (unpaired) electrons. The van der Waals surface area contributed by atoms with E-state index in [0.717, 1.165) is 17.0 Å².